The van der Waals surface area contributed by atoms with Crippen molar-refractivity contribution in [2.24, 2.45) is 0 Å². The number of Topliss-reactive ketones (excluding diaryl/α,β-unsaturated/α-hetero) is 1. The standard InChI is InChI=1S/C15H20O4/c1-15(2,3)19-12-7-5-11(6-8-12)13(16)9-10-14(17)18-4/h5-8H,9-10H2,1-4H3. The molecule has 0 aliphatic rings. The molecule has 0 heterocycles. The van der Waals surface area contributed by atoms with Gasteiger partial charge in [0.15, 0.2) is 5.78 Å². The Balaban J connectivity index is 2.61. The SMILES string of the molecule is COC(=O)CCC(=O)c1ccc(OC(C)(C)C)cc1. The number of carbonyl (C=O) groups excluding carboxylic acids is 2. The summed E-state index contributed by atoms with van der Waals surface area (Å²) in [6.45, 7) is 5.88. The molecule has 4 heteroatoms. The fourth-order valence-corrected chi connectivity index (χ4v) is 1.52. The molecule has 0 aromatic heterocycles. The fraction of sp³-hybridized carbons (Fsp3) is 0.467. The molecule has 0 radical (unpaired) electrons. The zero-order valence-corrected chi connectivity index (χ0v) is 11.9. The molecule has 104 valence electrons. The Hall–Kier alpha value is -1.84. The van der Waals surface area contributed by atoms with Crippen LogP contribution in [-0.4, -0.2) is 24.5 Å². The van der Waals surface area contributed by atoms with Crippen molar-refractivity contribution in [2.75, 3.05) is 7.11 Å². The van der Waals surface area contributed by atoms with Crippen LogP contribution in [-0.2, 0) is 9.53 Å². The second kappa shape index (κ2) is 6.36. The van der Waals surface area contributed by atoms with Crippen LogP contribution in [0.3, 0.4) is 0 Å². The minimum Gasteiger partial charge on any atom is -0.488 e. The van der Waals surface area contributed by atoms with Gasteiger partial charge in [-0.2, -0.15) is 0 Å². The van der Waals surface area contributed by atoms with Crippen molar-refractivity contribution < 1.29 is 19.1 Å². The van der Waals surface area contributed by atoms with Gasteiger partial charge < -0.3 is 9.47 Å². The Bertz CT molecular complexity index is 440. The van der Waals surface area contributed by atoms with E-state index in [-0.39, 0.29) is 30.2 Å². The second-order valence-corrected chi connectivity index (χ2v) is 5.24. The van der Waals surface area contributed by atoms with Crippen molar-refractivity contribution in [3.05, 3.63) is 29.8 Å². The van der Waals surface area contributed by atoms with Crippen molar-refractivity contribution in [3.63, 3.8) is 0 Å². The zero-order valence-electron chi connectivity index (χ0n) is 11.9. The Morgan fingerprint density at radius 3 is 2.11 bits per heavy atom. The third-order valence-corrected chi connectivity index (χ3v) is 2.38. The average molecular weight is 264 g/mol. The van der Waals surface area contributed by atoms with Crippen LogP contribution in [0.4, 0.5) is 0 Å². The maximum atomic E-state index is 11.8. The molecule has 1 aromatic rings. The molecule has 0 amide bonds. The van der Waals surface area contributed by atoms with Crippen LogP contribution in [0, 0.1) is 0 Å². The molecule has 1 aromatic carbocycles. The molecule has 19 heavy (non-hydrogen) atoms. The number of carbonyl (C=O) groups is 2. The van der Waals surface area contributed by atoms with Gasteiger partial charge in [0, 0.05) is 12.0 Å². The summed E-state index contributed by atoms with van der Waals surface area (Å²) in [7, 11) is 1.31. The van der Waals surface area contributed by atoms with Crippen LogP contribution in [0.25, 0.3) is 0 Å². The van der Waals surface area contributed by atoms with Gasteiger partial charge in [-0.15, -0.1) is 0 Å². The highest BCUT2D eigenvalue weighted by atomic mass is 16.5. The quantitative estimate of drug-likeness (QED) is 0.606. The molecule has 0 bridgehead atoms. The summed E-state index contributed by atoms with van der Waals surface area (Å²) >= 11 is 0. The lowest BCUT2D eigenvalue weighted by atomic mass is 10.1. The molecule has 0 atom stereocenters. The van der Waals surface area contributed by atoms with Gasteiger partial charge in [-0.05, 0) is 45.0 Å². The number of esters is 1. The van der Waals surface area contributed by atoms with E-state index in [9.17, 15) is 9.59 Å². The molecule has 0 saturated carbocycles. The summed E-state index contributed by atoms with van der Waals surface area (Å²) in [6, 6.07) is 6.94. The average Bonchev–Trinajstić information content (AvgIpc) is 2.34. The van der Waals surface area contributed by atoms with Gasteiger partial charge in [-0.25, -0.2) is 0 Å². The molecule has 1 rings (SSSR count). The van der Waals surface area contributed by atoms with Crippen LogP contribution < -0.4 is 4.74 Å². The lowest BCUT2D eigenvalue weighted by Crippen LogP contribution is -2.22. The van der Waals surface area contributed by atoms with E-state index in [1.165, 1.54) is 7.11 Å². The largest absolute Gasteiger partial charge is 0.488 e. The van der Waals surface area contributed by atoms with E-state index in [0.29, 0.717) is 5.56 Å². The lowest BCUT2D eigenvalue weighted by molar-refractivity contribution is -0.140. The van der Waals surface area contributed by atoms with Crippen molar-refractivity contribution in [2.45, 2.75) is 39.2 Å². The third-order valence-electron chi connectivity index (χ3n) is 2.38. The van der Waals surface area contributed by atoms with Crippen molar-refractivity contribution in [1.82, 2.24) is 0 Å². The maximum absolute atomic E-state index is 11.8. The molecule has 0 unspecified atom stereocenters. The predicted octanol–water partition coefficient (Wildman–Crippen LogP) is 3.00. The number of hydrogen-bond acceptors (Lipinski definition) is 4. The molecule has 4 nitrogen and oxygen atoms in total. The number of methoxy groups -OCH3 is 1. The maximum Gasteiger partial charge on any atom is 0.305 e. The van der Waals surface area contributed by atoms with Gasteiger partial charge in [-0.1, -0.05) is 0 Å². The topological polar surface area (TPSA) is 52.6 Å². The van der Waals surface area contributed by atoms with Crippen molar-refractivity contribution in [3.8, 4) is 5.75 Å². The van der Waals surface area contributed by atoms with Crippen LogP contribution in [0.1, 0.15) is 44.0 Å². The van der Waals surface area contributed by atoms with E-state index in [2.05, 4.69) is 4.74 Å². The van der Waals surface area contributed by atoms with E-state index in [4.69, 9.17) is 4.74 Å². The van der Waals surface area contributed by atoms with Gasteiger partial charge >= 0.3 is 5.97 Å². The fourth-order valence-electron chi connectivity index (χ4n) is 1.52. The summed E-state index contributed by atoms with van der Waals surface area (Å²) < 4.78 is 10.2. The highest BCUT2D eigenvalue weighted by molar-refractivity contribution is 5.97. The number of ether oxygens (including phenoxy) is 2. The Morgan fingerprint density at radius 1 is 1.05 bits per heavy atom. The molecule has 0 saturated heterocycles. The van der Waals surface area contributed by atoms with Crippen LogP contribution in [0.5, 0.6) is 5.75 Å². The number of ketones is 1. The summed E-state index contributed by atoms with van der Waals surface area (Å²) in [5.74, 6) is 0.269. The highest BCUT2D eigenvalue weighted by Gasteiger charge is 2.13. The Kier molecular flexibility index (Phi) is 5.10. The molecular formula is C15H20O4. The number of hydrogen-bond donors (Lipinski definition) is 0. The molecule has 0 aliphatic carbocycles. The summed E-state index contributed by atoms with van der Waals surface area (Å²) in [5.41, 5.74) is 0.307. The van der Waals surface area contributed by atoms with Gasteiger partial charge in [-0.3, -0.25) is 9.59 Å². The van der Waals surface area contributed by atoms with Crippen LogP contribution >= 0.6 is 0 Å². The monoisotopic (exact) mass is 264 g/mol. The molecular weight excluding hydrogens is 244 g/mol. The van der Waals surface area contributed by atoms with E-state index in [0.717, 1.165) is 5.75 Å². The lowest BCUT2D eigenvalue weighted by Gasteiger charge is -2.21. The van der Waals surface area contributed by atoms with Gasteiger partial charge in [0.25, 0.3) is 0 Å². The first-order valence-corrected chi connectivity index (χ1v) is 6.21. The zero-order chi connectivity index (χ0) is 14.5. The van der Waals surface area contributed by atoms with Gasteiger partial charge in [0.1, 0.15) is 11.4 Å². The number of rotatable bonds is 5. The van der Waals surface area contributed by atoms with E-state index >= 15 is 0 Å². The first-order valence-electron chi connectivity index (χ1n) is 6.21. The normalized spacial score (nSPS) is 10.9. The first kappa shape index (κ1) is 15.2. The smallest absolute Gasteiger partial charge is 0.305 e. The van der Waals surface area contributed by atoms with Crippen LogP contribution in [0.2, 0.25) is 0 Å². The number of benzene rings is 1. The van der Waals surface area contributed by atoms with Crippen LogP contribution in [0.15, 0.2) is 24.3 Å². The summed E-state index contributed by atoms with van der Waals surface area (Å²) in [5, 5.41) is 0. The van der Waals surface area contributed by atoms with Crippen molar-refractivity contribution in [1.29, 1.82) is 0 Å². The Labute approximate surface area is 113 Å². The molecule has 0 N–H and O–H groups in total. The van der Waals surface area contributed by atoms with E-state index in [1.807, 2.05) is 20.8 Å². The molecule has 0 aliphatic heterocycles. The third kappa shape index (κ3) is 5.55. The first-order chi connectivity index (χ1) is 8.81. The minimum atomic E-state index is -0.374. The minimum absolute atomic E-state index is 0.0762. The predicted molar refractivity (Wildman–Crippen MR) is 72.4 cm³/mol. The van der Waals surface area contributed by atoms with E-state index in [1.54, 1.807) is 24.3 Å². The van der Waals surface area contributed by atoms with E-state index < -0.39 is 0 Å². The summed E-state index contributed by atoms with van der Waals surface area (Å²) in [6.07, 6.45) is 0.266. The van der Waals surface area contributed by atoms with Crippen molar-refractivity contribution >= 4 is 11.8 Å². The molecule has 0 fully saturated rings. The Morgan fingerprint density at radius 2 is 1.63 bits per heavy atom. The molecule has 0 spiro atoms. The van der Waals surface area contributed by atoms with Gasteiger partial charge in [0.05, 0.1) is 13.5 Å². The second-order valence-electron chi connectivity index (χ2n) is 5.24. The summed E-state index contributed by atoms with van der Waals surface area (Å²) in [4.78, 5) is 22.8. The van der Waals surface area contributed by atoms with Gasteiger partial charge in [0.2, 0.25) is 0 Å². The highest BCUT2D eigenvalue weighted by Crippen LogP contribution is 2.19.